The number of imidazole rings is 1. The zero-order valence-corrected chi connectivity index (χ0v) is 11.3. The number of thioether (sulfide) groups is 1. The molecule has 6 heteroatoms. The van der Waals surface area contributed by atoms with Gasteiger partial charge in [-0.15, -0.1) is 0 Å². The lowest BCUT2D eigenvalue weighted by Crippen LogP contribution is -2.14. The highest BCUT2D eigenvalue weighted by molar-refractivity contribution is 7.99. The van der Waals surface area contributed by atoms with Crippen molar-refractivity contribution in [3.05, 3.63) is 41.2 Å². The van der Waals surface area contributed by atoms with Gasteiger partial charge in [0.25, 0.3) is 0 Å². The monoisotopic (exact) mass is 281 g/mol. The average molecular weight is 282 g/mol. The molecule has 0 radical (unpaired) electrons. The van der Waals surface area contributed by atoms with Crippen LogP contribution in [0.25, 0.3) is 0 Å². The van der Waals surface area contributed by atoms with E-state index in [2.05, 4.69) is 15.3 Å². The van der Waals surface area contributed by atoms with Crippen LogP contribution in [0.1, 0.15) is 5.56 Å². The number of aryl methyl sites for hydroxylation is 1. The number of rotatable bonds is 4. The van der Waals surface area contributed by atoms with E-state index in [0.29, 0.717) is 16.5 Å². The molecule has 0 aliphatic rings. The molecule has 0 unspecified atom stereocenters. The molecular weight excluding hydrogens is 270 g/mol. The van der Waals surface area contributed by atoms with Gasteiger partial charge in [-0.2, -0.15) is 0 Å². The lowest BCUT2D eigenvalue weighted by molar-refractivity contribution is -0.113. The minimum atomic E-state index is -0.0867. The fraction of sp³-hybridized carbons (Fsp3) is 0.167. The van der Waals surface area contributed by atoms with Crippen molar-refractivity contribution in [2.75, 3.05) is 11.1 Å². The molecule has 0 spiro atoms. The highest BCUT2D eigenvalue weighted by Crippen LogP contribution is 2.20. The molecule has 2 aromatic rings. The molecule has 0 bridgehead atoms. The van der Waals surface area contributed by atoms with Gasteiger partial charge in [0, 0.05) is 23.1 Å². The minimum absolute atomic E-state index is 0.0867. The number of carbonyl (C=O) groups excluding carboxylic acids is 1. The zero-order chi connectivity index (χ0) is 13.0. The Morgan fingerprint density at radius 1 is 1.56 bits per heavy atom. The van der Waals surface area contributed by atoms with Crippen molar-refractivity contribution in [3.8, 4) is 0 Å². The minimum Gasteiger partial charge on any atom is -0.340 e. The van der Waals surface area contributed by atoms with E-state index >= 15 is 0 Å². The second-order valence-corrected chi connectivity index (χ2v) is 5.07. The Balaban J connectivity index is 1.88. The molecule has 1 heterocycles. The van der Waals surface area contributed by atoms with Crippen molar-refractivity contribution in [1.82, 2.24) is 9.97 Å². The third-order valence-electron chi connectivity index (χ3n) is 2.27. The molecule has 1 aromatic heterocycles. The molecule has 0 saturated heterocycles. The first-order valence-corrected chi connectivity index (χ1v) is 6.69. The van der Waals surface area contributed by atoms with E-state index in [0.717, 1.165) is 10.7 Å². The number of hydrogen-bond acceptors (Lipinski definition) is 3. The number of carbonyl (C=O) groups is 1. The number of nitrogens with one attached hydrogen (secondary N) is 2. The van der Waals surface area contributed by atoms with Crippen LogP contribution in [0.2, 0.25) is 5.02 Å². The number of anilines is 1. The first-order valence-electron chi connectivity index (χ1n) is 5.33. The number of nitrogens with zero attached hydrogens (tertiary/aromatic N) is 1. The molecule has 94 valence electrons. The van der Waals surface area contributed by atoms with Gasteiger partial charge in [-0.3, -0.25) is 4.79 Å². The summed E-state index contributed by atoms with van der Waals surface area (Å²) in [5.74, 6) is 0.218. The topological polar surface area (TPSA) is 57.8 Å². The molecule has 2 N–H and O–H groups in total. The van der Waals surface area contributed by atoms with Gasteiger partial charge in [-0.1, -0.05) is 29.4 Å². The first-order chi connectivity index (χ1) is 8.65. The third-order valence-corrected chi connectivity index (χ3v) is 3.58. The Kier molecular flexibility index (Phi) is 4.28. The molecule has 0 aliphatic heterocycles. The maximum Gasteiger partial charge on any atom is 0.234 e. The Hall–Kier alpha value is -1.46. The normalized spacial score (nSPS) is 10.3. The predicted octanol–water partition coefficient (Wildman–Crippen LogP) is 3.10. The van der Waals surface area contributed by atoms with Crippen molar-refractivity contribution in [2.45, 2.75) is 12.1 Å². The number of aromatic nitrogens is 2. The van der Waals surface area contributed by atoms with Crippen molar-refractivity contribution < 1.29 is 4.79 Å². The lowest BCUT2D eigenvalue weighted by atomic mass is 10.2. The van der Waals surface area contributed by atoms with Crippen LogP contribution in [-0.2, 0) is 4.79 Å². The van der Waals surface area contributed by atoms with Gasteiger partial charge < -0.3 is 10.3 Å². The van der Waals surface area contributed by atoms with E-state index in [1.54, 1.807) is 18.5 Å². The van der Waals surface area contributed by atoms with Crippen LogP contribution in [0.15, 0.2) is 35.7 Å². The van der Waals surface area contributed by atoms with E-state index in [1.165, 1.54) is 11.8 Å². The summed E-state index contributed by atoms with van der Waals surface area (Å²) in [5, 5.41) is 4.16. The number of benzene rings is 1. The second kappa shape index (κ2) is 5.93. The molecule has 0 aliphatic carbocycles. The van der Waals surface area contributed by atoms with Gasteiger partial charge in [0.15, 0.2) is 5.16 Å². The highest BCUT2D eigenvalue weighted by atomic mass is 35.5. The molecule has 18 heavy (non-hydrogen) atoms. The summed E-state index contributed by atoms with van der Waals surface area (Å²) in [7, 11) is 0. The number of amides is 1. The zero-order valence-electron chi connectivity index (χ0n) is 9.74. The Morgan fingerprint density at radius 2 is 2.39 bits per heavy atom. The summed E-state index contributed by atoms with van der Waals surface area (Å²) in [5.41, 5.74) is 1.69. The predicted molar refractivity (Wildman–Crippen MR) is 74.1 cm³/mol. The molecule has 1 aromatic carbocycles. The van der Waals surface area contributed by atoms with Crippen LogP contribution in [0, 0.1) is 6.92 Å². The number of H-pyrrole nitrogens is 1. The second-order valence-electron chi connectivity index (χ2n) is 3.70. The Morgan fingerprint density at radius 3 is 3.06 bits per heavy atom. The molecule has 0 saturated carbocycles. The van der Waals surface area contributed by atoms with Crippen LogP contribution in [0.3, 0.4) is 0 Å². The number of halogens is 1. The number of aromatic amines is 1. The summed E-state index contributed by atoms with van der Waals surface area (Å²) < 4.78 is 0. The maximum absolute atomic E-state index is 11.7. The summed E-state index contributed by atoms with van der Waals surface area (Å²) in [4.78, 5) is 18.6. The summed E-state index contributed by atoms with van der Waals surface area (Å²) in [6.07, 6.45) is 3.37. The van der Waals surface area contributed by atoms with Crippen LogP contribution in [0.5, 0.6) is 0 Å². The SMILES string of the molecule is Cc1ccc(NC(=O)CSc2ncc[nH]2)cc1Cl. The van der Waals surface area contributed by atoms with Crippen molar-refractivity contribution in [3.63, 3.8) is 0 Å². The smallest absolute Gasteiger partial charge is 0.234 e. The van der Waals surface area contributed by atoms with Crippen LogP contribution < -0.4 is 5.32 Å². The van der Waals surface area contributed by atoms with E-state index in [-0.39, 0.29) is 5.91 Å². The molecule has 0 atom stereocenters. The summed E-state index contributed by atoms with van der Waals surface area (Å²) >= 11 is 7.33. The van der Waals surface area contributed by atoms with Gasteiger partial charge in [-0.05, 0) is 24.6 Å². The van der Waals surface area contributed by atoms with Gasteiger partial charge in [0.1, 0.15) is 0 Å². The van der Waals surface area contributed by atoms with Crippen LogP contribution in [0.4, 0.5) is 5.69 Å². The molecule has 2 rings (SSSR count). The van der Waals surface area contributed by atoms with Gasteiger partial charge >= 0.3 is 0 Å². The lowest BCUT2D eigenvalue weighted by Gasteiger charge is -2.06. The molecule has 0 fully saturated rings. The highest BCUT2D eigenvalue weighted by Gasteiger charge is 2.05. The standard InChI is InChI=1S/C12H12ClN3OS/c1-8-2-3-9(6-10(8)13)16-11(17)7-18-12-14-4-5-15-12/h2-6H,7H2,1H3,(H,14,15)(H,16,17). The maximum atomic E-state index is 11.7. The van der Waals surface area contributed by atoms with E-state index in [1.807, 2.05) is 19.1 Å². The third kappa shape index (κ3) is 3.51. The van der Waals surface area contributed by atoms with Gasteiger partial charge in [0.2, 0.25) is 5.91 Å². The van der Waals surface area contributed by atoms with Crippen molar-refractivity contribution in [1.29, 1.82) is 0 Å². The van der Waals surface area contributed by atoms with Crippen molar-refractivity contribution in [2.24, 2.45) is 0 Å². The fourth-order valence-corrected chi connectivity index (χ4v) is 2.14. The van der Waals surface area contributed by atoms with Crippen LogP contribution in [-0.4, -0.2) is 21.6 Å². The Bertz CT molecular complexity index is 542. The molecular formula is C12H12ClN3OS. The first kappa shape index (κ1) is 13.0. The van der Waals surface area contributed by atoms with Gasteiger partial charge in [0.05, 0.1) is 5.75 Å². The van der Waals surface area contributed by atoms with E-state index < -0.39 is 0 Å². The molecule has 1 amide bonds. The largest absolute Gasteiger partial charge is 0.340 e. The van der Waals surface area contributed by atoms with Crippen molar-refractivity contribution >= 4 is 35.0 Å². The fourth-order valence-electron chi connectivity index (χ4n) is 1.33. The summed E-state index contributed by atoms with van der Waals surface area (Å²) in [6.45, 7) is 1.92. The van der Waals surface area contributed by atoms with Gasteiger partial charge in [-0.25, -0.2) is 4.98 Å². The number of hydrogen-bond donors (Lipinski definition) is 2. The van der Waals surface area contributed by atoms with E-state index in [4.69, 9.17) is 11.6 Å². The van der Waals surface area contributed by atoms with Crippen LogP contribution >= 0.6 is 23.4 Å². The average Bonchev–Trinajstić information content (AvgIpc) is 2.84. The quantitative estimate of drug-likeness (QED) is 0.847. The Labute approximate surface area is 114 Å². The summed E-state index contributed by atoms with van der Waals surface area (Å²) in [6, 6.07) is 5.45. The molecule has 4 nitrogen and oxygen atoms in total. The van der Waals surface area contributed by atoms with E-state index in [9.17, 15) is 4.79 Å².